The highest BCUT2D eigenvalue weighted by Gasteiger charge is 2.29. The van der Waals surface area contributed by atoms with Crippen LogP contribution in [0.1, 0.15) is 47.1 Å². The Morgan fingerprint density at radius 1 is 1.11 bits per heavy atom. The van der Waals surface area contributed by atoms with E-state index in [0.29, 0.717) is 5.69 Å². The first-order valence-electron chi connectivity index (χ1n) is 10.2. The summed E-state index contributed by atoms with van der Waals surface area (Å²) in [7, 11) is 0. The molecule has 144 valence electrons. The van der Waals surface area contributed by atoms with Gasteiger partial charge in [0.25, 0.3) is 5.91 Å². The molecule has 1 aliphatic carbocycles. The zero-order valence-corrected chi connectivity index (χ0v) is 16.6. The van der Waals surface area contributed by atoms with Crippen molar-refractivity contribution in [1.29, 1.82) is 0 Å². The Labute approximate surface area is 166 Å². The second-order valence-corrected chi connectivity index (χ2v) is 7.58. The maximum atomic E-state index is 13.4. The summed E-state index contributed by atoms with van der Waals surface area (Å²) >= 11 is 0. The SMILES string of the molecule is CCCN(C(=O)c1cc(C)n(-c2ccccc2)n1)C1CCc2ccccc2C1. The quantitative estimate of drug-likeness (QED) is 0.656. The summed E-state index contributed by atoms with van der Waals surface area (Å²) in [6.07, 6.45) is 3.93. The Kier molecular flexibility index (Phi) is 5.29. The largest absolute Gasteiger partial charge is 0.334 e. The standard InChI is InChI=1S/C24H27N3O/c1-3-15-26(22-14-13-19-9-7-8-10-20(19)17-22)24(28)23-16-18(2)27(25-23)21-11-5-4-6-12-21/h4-12,16,22H,3,13-15,17H2,1-2H3. The van der Waals surface area contributed by atoms with Gasteiger partial charge in [-0.05, 0) is 61.9 Å². The molecule has 1 amide bonds. The number of aryl methyl sites for hydroxylation is 2. The van der Waals surface area contributed by atoms with Gasteiger partial charge in [-0.2, -0.15) is 5.10 Å². The molecule has 3 aromatic rings. The first kappa shape index (κ1) is 18.5. The fourth-order valence-electron chi connectivity index (χ4n) is 4.19. The number of fused-ring (bicyclic) bond motifs is 1. The monoisotopic (exact) mass is 373 g/mol. The van der Waals surface area contributed by atoms with Crippen molar-refractivity contribution < 1.29 is 4.79 Å². The van der Waals surface area contributed by atoms with Crippen LogP contribution in [0.4, 0.5) is 0 Å². The van der Waals surface area contributed by atoms with Crippen LogP contribution in [0.3, 0.4) is 0 Å². The summed E-state index contributed by atoms with van der Waals surface area (Å²) in [5.41, 5.74) is 5.28. The number of hydrogen-bond donors (Lipinski definition) is 0. The van der Waals surface area contributed by atoms with Crippen molar-refractivity contribution in [1.82, 2.24) is 14.7 Å². The van der Waals surface area contributed by atoms with Crippen molar-refractivity contribution >= 4 is 5.91 Å². The summed E-state index contributed by atoms with van der Waals surface area (Å²) in [6, 6.07) is 20.7. The van der Waals surface area contributed by atoms with Gasteiger partial charge in [0, 0.05) is 18.3 Å². The molecule has 1 heterocycles. The summed E-state index contributed by atoms with van der Waals surface area (Å²) < 4.78 is 1.85. The van der Waals surface area contributed by atoms with Gasteiger partial charge in [0.05, 0.1) is 5.69 Å². The minimum Gasteiger partial charge on any atom is -0.334 e. The zero-order chi connectivity index (χ0) is 19.5. The molecule has 28 heavy (non-hydrogen) atoms. The lowest BCUT2D eigenvalue weighted by atomic mass is 9.87. The highest BCUT2D eigenvalue weighted by molar-refractivity contribution is 5.92. The van der Waals surface area contributed by atoms with Gasteiger partial charge < -0.3 is 4.90 Å². The molecule has 0 radical (unpaired) electrons. The van der Waals surface area contributed by atoms with Crippen molar-refractivity contribution in [2.75, 3.05) is 6.54 Å². The molecule has 4 nitrogen and oxygen atoms in total. The molecular formula is C24H27N3O. The van der Waals surface area contributed by atoms with E-state index in [4.69, 9.17) is 0 Å². The van der Waals surface area contributed by atoms with Crippen molar-refractivity contribution in [2.24, 2.45) is 0 Å². The molecule has 0 aliphatic heterocycles. The van der Waals surface area contributed by atoms with Crippen LogP contribution in [0, 0.1) is 6.92 Å². The van der Waals surface area contributed by atoms with E-state index in [2.05, 4.69) is 36.3 Å². The van der Waals surface area contributed by atoms with E-state index < -0.39 is 0 Å². The lowest BCUT2D eigenvalue weighted by molar-refractivity contribution is 0.0655. The van der Waals surface area contributed by atoms with E-state index in [9.17, 15) is 4.79 Å². The molecule has 2 aromatic carbocycles. The second-order valence-electron chi connectivity index (χ2n) is 7.58. The average molecular weight is 374 g/mol. The van der Waals surface area contributed by atoms with Crippen LogP contribution in [-0.2, 0) is 12.8 Å². The van der Waals surface area contributed by atoms with Crippen LogP contribution < -0.4 is 0 Å². The number of benzene rings is 2. The molecular weight excluding hydrogens is 346 g/mol. The molecule has 1 aliphatic rings. The van der Waals surface area contributed by atoms with Gasteiger partial charge >= 0.3 is 0 Å². The summed E-state index contributed by atoms with van der Waals surface area (Å²) in [5, 5.41) is 4.65. The minimum absolute atomic E-state index is 0.0454. The Morgan fingerprint density at radius 3 is 2.57 bits per heavy atom. The van der Waals surface area contributed by atoms with E-state index in [-0.39, 0.29) is 11.9 Å². The van der Waals surface area contributed by atoms with Crippen LogP contribution in [0.25, 0.3) is 5.69 Å². The Balaban J connectivity index is 1.60. The molecule has 0 bridgehead atoms. The van der Waals surface area contributed by atoms with Gasteiger partial charge in [0.2, 0.25) is 0 Å². The number of nitrogens with zero attached hydrogens (tertiary/aromatic N) is 3. The maximum absolute atomic E-state index is 13.4. The number of carbonyl (C=O) groups is 1. The van der Waals surface area contributed by atoms with Gasteiger partial charge in [0.15, 0.2) is 5.69 Å². The number of rotatable bonds is 5. The van der Waals surface area contributed by atoms with Crippen LogP contribution in [0.5, 0.6) is 0 Å². The smallest absolute Gasteiger partial charge is 0.274 e. The van der Waals surface area contributed by atoms with Gasteiger partial charge in [0.1, 0.15) is 0 Å². The van der Waals surface area contributed by atoms with Crippen molar-refractivity contribution in [2.45, 2.75) is 45.6 Å². The fraction of sp³-hybridized carbons (Fsp3) is 0.333. The maximum Gasteiger partial charge on any atom is 0.274 e. The molecule has 0 saturated carbocycles. The predicted octanol–water partition coefficient (Wildman–Crippen LogP) is 4.59. The molecule has 0 fully saturated rings. The van der Waals surface area contributed by atoms with E-state index in [0.717, 1.165) is 43.6 Å². The first-order chi connectivity index (χ1) is 13.7. The highest BCUT2D eigenvalue weighted by atomic mass is 16.2. The zero-order valence-electron chi connectivity index (χ0n) is 16.6. The van der Waals surface area contributed by atoms with Crippen LogP contribution in [0.2, 0.25) is 0 Å². The number of amides is 1. The van der Waals surface area contributed by atoms with Gasteiger partial charge in [-0.3, -0.25) is 4.79 Å². The van der Waals surface area contributed by atoms with Crippen molar-refractivity contribution in [3.05, 3.63) is 83.2 Å². The molecule has 0 spiro atoms. The topological polar surface area (TPSA) is 38.1 Å². The third kappa shape index (κ3) is 3.59. The van der Waals surface area contributed by atoms with Crippen LogP contribution in [0.15, 0.2) is 60.7 Å². The number of para-hydroxylation sites is 1. The first-order valence-corrected chi connectivity index (χ1v) is 10.2. The van der Waals surface area contributed by atoms with Crippen LogP contribution >= 0.6 is 0 Å². The highest BCUT2D eigenvalue weighted by Crippen LogP contribution is 2.26. The molecule has 0 saturated heterocycles. The third-order valence-electron chi connectivity index (χ3n) is 5.59. The number of aromatic nitrogens is 2. The Hall–Kier alpha value is -2.88. The van der Waals surface area contributed by atoms with Gasteiger partial charge in [-0.1, -0.05) is 49.4 Å². The average Bonchev–Trinajstić information content (AvgIpc) is 3.13. The van der Waals surface area contributed by atoms with Gasteiger partial charge in [-0.15, -0.1) is 0 Å². The van der Waals surface area contributed by atoms with E-state index in [1.54, 1.807) is 0 Å². The molecule has 1 atom stereocenters. The minimum atomic E-state index is 0.0454. The van der Waals surface area contributed by atoms with Crippen molar-refractivity contribution in [3.8, 4) is 5.69 Å². The molecule has 1 unspecified atom stereocenters. The Morgan fingerprint density at radius 2 is 1.82 bits per heavy atom. The van der Waals surface area contributed by atoms with E-state index in [1.165, 1.54) is 11.1 Å². The lowest BCUT2D eigenvalue weighted by Gasteiger charge is -2.34. The predicted molar refractivity (Wildman–Crippen MR) is 112 cm³/mol. The summed E-state index contributed by atoms with van der Waals surface area (Å²) in [5.74, 6) is 0.0454. The lowest BCUT2D eigenvalue weighted by Crippen LogP contribution is -2.44. The third-order valence-corrected chi connectivity index (χ3v) is 5.59. The molecule has 4 rings (SSSR count). The van der Waals surface area contributed by atoms with Gasteiger partial charge in [-0.25, -0.2) is 4.68 Å². The summed E-state index contributed by atoms with van der Waals surface area (Å²) in [6.45, 7) is 4.89. The van der Waals surface area contributed by atoms with E-state index >= 15 is 0 Å². The normalized spacial score (nSPS) is 15.9. The van der Waals surface area contributed by atoms with E-state index in [1.807, 2.05) is 52.9 Å². The van der Waals surface area contributed by atoms with Crippen LogP contribution in [-0.4, -0.2) is 33.2 Å². The second kappa shape index (κ2) is 8.01. The molecule has 0 N–H and O–H groups in total. The Bertz CT molecular complexity index is 961. The fourth-order valence-corrected chi connectivity index (χ4v) is 4.19. The number of carbonyl (C=O) groups excluding carboxylic acids is 1. The molecule has 1 aromatic heterocycles. The number of hydrogen-bond acceptors (Lipinski definition) is 2. The van der Waals surface area contributed by atoms with Crippen molar-refractivity contribution in [3.63, 3.8) is 0 Å². The molecule has 4 heteroatoms. The summed E-state index contributed by atoms with van der Waals surface area (Å²) in [4.78, 5) is 15.4.